The Kier molecular flexibility index (Phi) is 7.63. The van der Waals surface area contributed by atoms with Crippen LogP contribution in [0.25, 0.3) is 0 Å². The molecule has 2 N–H and O–H groups in total. The molecule has 166 valence electrons. The van der Waals surface area contributed by atoms with Gasteiger partial charge in [0.1, 0.15) is 5.82 Å². The number of nitrogens with zero attached hydrogens (tertiary/aromatic N) is 2. The van der Waals surface area contributed by atoms with E-state index in [0.717, 1.165) is 55.1 Å². The molecule has 0 aliphatic carbocycles. The highest BCUT2D eigenvalue weighted by atomic mass is 19.1. The first-order valence-corrected chi connectivity index (χ1v) is 10.7. The molecule has 7 heteroatoms. The van der Waals surface area contributed by atoms with Crippen LogP contribution in [0.15, 0.2) is 42.5 Å². The molecule has 0 saturated carbocycles. The van der Waals surface area contributed by atoms with E-state index in [9.17, 15) is 14.0 Å². The van der Waals surface area contributed by atoms with Crippen molar-refractivity contribution >= 4 is 23.2 Å². The SMILES string of the molecule is Cc1cccc(C)c1NC(=O)CNC(=O)C(C)N1CCCN(c2ccc(F)cc2)CC1. The van der Waals surface area contributed by atoms with Gasteiger partial charge in [-0.2, -0.15) is 0 Å². The van der Waals surface area contributed by atoms with Gasteiger partial charge in [-0.3, -0.25) is 14.5 Å². The maximum absolute atomic E-state index is 13.2. The second-order valence-corrected chi connectivity index (χ2v) is 8.06. The zero-order chi connectivity index (χ0) is 22.4. The number of aryl methyl sites for hydroxylation is 2. The quantitative estimate of drug-likeness (QED) is 0.745. The molecular weight excluding hydrogens is 395 g/mol. The minimum absolute atomic E-state index is 0.0630. The first-order valence-electron chi connectivity index (χ1n) is 10.7. The topological polar surface area (TPSA) is 64.7 Å². The van der Waals surface area contributed by atoms with Gasteiger partial charge in [-0.1, -0.05) is 18.2 Å². The lowest BCUT2D eigenvalue weighted by molar-refractivity contribution is -0.127. The zero-order valence-corrected chi connectivity index (χ0v) is 18.5. The number of hydrogen-bond acceptors (Lipinski definition) is 4. The number of rotatable bonds is 6. The van der Waals surface area contributed by atoms with Crippen LogP contribution in [-0.4, -0.2) is 55.5 Å². The van der Waals surface area contributed by atoms with Gasteiger partial charge in [0.2, 0.25) is 11.8 Å². The lowest BCUT2D eigenvalue weighted by Gasteiger charge is -2.27. The van der Waals surface area contributed by atoms with Gasteiger partial charge in [-0.25, -0.2) is 4.39 Å². The molecule has 1 fully saturated rings. The summed E-state index contributed by atoms with van der Waals surface area (Å²) in [4.78, 5) is 29.3. The molecule has 31 heavy (non-hydrogen) atoms. The molecule has 3 rings (SSSR count). The Morgan fingerprint density at radius 1 is 1.00 bits per heavy atom. The second-order valence-electron chi connectivity index (χ2n) is 8.06. The number of nitrogens with one attached hydrogen (secondary N) is 2. The Morgan fingerprint density at radius 3 is 2.35 bits per heavy atom. The van der Waals surface area contributed by atoms with Crippen molar-refractivity contribution in [1.29, 1.82) is 0 Å². The molecular formula is C24H31FN4O2. The second kappa shape index (κ2) is 10.4. The molecule has 0 radical (unpaired) electrons. The first-order chi connectivity index (χ1) is 14.8. The van der Waals surface area contributed by atoms with Crippen molar-refractivity contribution in [1.82, 2.24) is 10.2 Å². The molecule has 0 spiro atoms. The van der Waals surface area contributed by atoms with Gasteiger partial charge < -0.3 is 15.5 Å². The van der Waals surface area contributed by atoms with Crippen LogP contribution in [0.1, 0.15) is 24.5 Å². The van der Waals surface area contributed by atoms with E-state index < -0.39 is 0 Å². The third kappa shape index (κ3) is 6.04. The van der Waals surface area contributed by atoms with E-state index in [-0.39, 0.29) is 30.2 Å². The lowest BCUT2D eigenvalue weighted by Crippen LogP contribution is -2.48. The Labute approximate surface area is 183 Å². The minimum atomic E-state index is -0.332. The van der Waals surface area contributed by atoms with E-state index >= 15 is 0 Å². The summed E-state index contributed by atoms with van der Waals surface area (Å²) in [5, 5.41) is 5.65. The summed E-state index contributed by atoms with van der Waals surface area (Å²) < 4.78 is 13.2. The van der Waals surface area contributed by atoms with E-state index in [1.54, 1.807) is 12.1 Å². The standard InChI is InChI=1S/C24H31FN4O2/c1-17-6-4-7-18(2)23(17)27-22(30)16-26-24(31)19(3)28-12-5-13-29(15-14-28)21-10-8-20(25)9-11-21/h4,6-11,19H,5,12-16H2,1-3H3,(H,26,31)(H,27,30). The van der Waals surface area contributed by atoms with Crippen LogP contribution in [0.2, 0.25) is 0 Å². The van der Waals surface area contributed by atoms with Crippen molar-refractivity contribution in [3.8, 4) is 0 Å². The van der Waals surface area contributed by atoms with Gasteiger partial charge in [0.25, 0.3) is 0 Å². The van der Waals surface area contributed by atoms with Crippen molar-refractivity contribution in [2.45, 2.75) is 33.2 Å². The Balaban J connectivity index is 1.49. The summed E-state index contributed by atoms with van der Waals surface area (Å²) in [6.45, 7) is 8.82. The van der Waals surface area contributed by atoms with Crippen LogP contribution < -0.4 is 15.5 Å². The highest BCUT2D eigenvalue weighted by molar-refractivity contribution is 5.96. The molecule has 2 amide bonds. The third-order valence-electron chi connectivity index (χ3n) is 5.82. The van der Waals surface area contributed by atoms with Crippen LogP contribution in [0.5, 0.6) is 0 Å². The molecule has 1 aliphatic rings. The first kappa shape index (κ1) is 22.7. The average molecular weight is 427 g/mol. The Hall–Kier alpha value is -2.93. The number of para-hydroxylation sites is 1. The van der Waals surface area contributed by atoms with E-state index in [2.05, 4.69) is 20.4 Å². The number of benzene rings is 2. The van der Waals surface area contributed by atoms with Crippen molar-refractivity contribution in [2.75, 3.05) is 42.9 Å². The zero-order valence-electron chi connectivity index (χ0n) is 18.5. The largest absolute Gasteiger partial charge is 0.370 e. The molecule has 2 aromatic carbocycles. The van der Waals surface area contributed by atoms with Gasteiger partial charge in [-0.15, -0.1) is 0 Å². The lowest BCUT2D eigenvalue weighted by atomic mass is 10.1. The number of anilines is 2. The van der Waals surface area contributed by atoms with Crippen LogP contribution in [0.4, 0.5) is 15.8 Å². The Morgan fingerprint density at radius 2 is 1.68 bits per heavy atom. The smallest absolute Gasteiger partial charge is 0.243 e. The van der Waals surface area contributed by atoms with Gasteiger partial charge in [0.05, 0.1) is 12.6 Å². The van der Waals surface area contributed by atoms with Gasteiger partial charge in [0, 0.05) is 37.6 Å². The van der Waals surface area contributed by atoms with E-state index in [0.29, 0.717) is 0 Å². The van der Waals surface area contributed by atoms with Crippen molar-refractivity contribution < 1.29 is 14.0 Å². The fraction of sp³-hybridized carbons (Fsp3) is 0.417. The summed E-state index contributed by atoms with van der Waals surface area (Å²) in [6, 6.07) is 12.0. The van der Waals surface area contributed by atoms with Crippen LogP contribution >= 0.6 is 0 Å². The molecule has 0 bridgehead atoms. The van der Waals surface area contributed by atoms with E-state index in [4.69, 9.17) is 0 Å². The highest BCUT2D eigenvalue weighted by Gasteiger charge is 2.24. The van der Waals surface area contributed by atoms with E-state index in [1.807, 2.05) is 39.0 Å². The Bertz CT molecular complexity index is 896. The number of carbonyl (C=O) groups is 2. The molecule has 0 aromatic heterocycles. The normalized spacial score (nSPS) is 15.8. The minimum Gasteiger partial charge on any atom is -0.370 e. The molecule has 6 nitrogen and oxygen atoms in total. The van der Waals surface area contributed by atoms with Crippen molar-refractivity contribution in [2.24, 2.45) is 0 Å². The maximum Gasteiger partial charge on any atom is 0.243 e. The number of carbonyl (C=O) groups excluding carboxylic acids is 2. The number of halogens is 1. The van der Waals surface area contributed by atoms with Crippen molar-refractivity contribution in [3.63, 3.8) is 0 Å². The molecule has 1 aliphatic heterocycles. The molecule has 1 saturated heterocycles. The molecule has 2 aromatic rings. The van der Waals surface area contributed by atoms with Gasteiger partial charge >= 0.3 is 0 Å². The average Bonchev–Trinajstić information content (AvgIpc) is 3.01. The summed E-state index contributed by atoms with van der Waals surface area (Å²) in [7, 11) is 0. The van der Waals surface area contributed by atoms with Crippen LogP contribution in [0, 0.1) is 19.7 Å². The van der Waals surface area contributed by atoms with Crippen LogP contribution in [-0.2, 0) is 9.59 Å². The molecule has 1 heterocycles. The monoisotopic (exact) mass is 426 g/mol. The summed E-state index contributed by atoms with van der Waals surface area (Å²) >= 11 is 0. The summed E-state index contributed by atoms with van der Waals surface area (Å²) in [6.07, 6.45) is 0.905. The highest BCUT2D eigenvalue weighted by Crippen LogP contribution is 2.19. The fourth-order valence-corrected chi connectivity index (χ4v) is 3.91. The number of hydrogen-bond donors (Lipinski definition) is 2. The predicted octanol–water partition coefficient (Wildman–Crippen LogP) is 3.10. The maximum atomic E-state index is 13.2. The summed E-state index contributed by atoms with van der Waals surface area (Å²) in [5.74, 6) is -0.643. The summed E-state index contributed by atoms with van der Waals surface area (Å²) in [5.41, 5.74) is 3.76. The predicted molar refractivity (Wildman–Crippen MR) is 122 cm³/mol. The molecule has 1 atom stereocenters. The van der Waals surface area contributed by atoms with Gasteiger partial charge in [0.15, 0.2) is 0 Å². The molecule has 1 unspecified atom stereocenters. The van der Waals surface area contributed by atoms with Crippen LogP contribution in [0.3, 0.4) is 0 Å². The van der Waals surface area contributed by atoms with Gasteiger partial charge in [-0.05, 0) is 62.6 Å². The third-order valence-corrected chi connectivity index (χ3v) is 5.82. The van der Waals surface area contributed by atoms with E-state index in [1.165, 1.54) is 12.1 Å². The van der Waals surface area contributed by atoms with Crippen molar-refractivity contribution in [3.05, 3.63) is 59.4 Å². The number of amides is 2. The fourth-order valence-electron chi connectivity index (χ4n) is 3.91.